The van der Waals surface area contributed by atoms with Gasteiger partial charge in [-0.3, -0.25) is 15.0 Å². The lowest BCUT2D eigenvalue weighted by Gasteiger charge is -2.23. The van der Waals surface area contributed by atoms with Gasteiger partial charge in [0.25, 0.3) is 5.91 Å². The highest BCUT2D eigenvalue weighted by molar-refractivity contribution is 6.06. The van der Waals surface area contributed by atoms with Crippen molar-refractivity contribution in [2.24, 2.45) is 16.6 Å². The topological polar surface area (TPSA) is 91.0 Å². The highest BCUT2D eigenvalue weighted by Gasteiger charge is 2.43. The summed E-state index contributed by atoms with van der Waals surface area (Å²) in [5.74, 6) is 0.627. The zero-order valence-corrected chi connectivity index (χ0v) is 18.4. The minimum absolute atomic E-state index is 0.0327. The molecule has 0 fully saturated rings. The predicted molar refractivity (Wildman–Crippen MR) is 118 cm³/mol. The van der Waals surface area contributed by atoms with Gasteiger partial charge in [-0.1, -0.05) is 64.3 Å². The second-order valence-electron chi connectivity index (χ2n) is 8.80. The summed E-state index contributed by atoms with van der Waals surface area (Å²) in [5.41, 5.74) is 7.39. The summed E-state index contributed by atoms with van der Waals surface area (Å²) in [4.78, 5) is 19.0. The van der Waals surface area contributed by atoms with Crippen LogP contribution < -0.4 is 11.1 Å². The zero-order chi connectivity index (χ0) is 21.4. The highest BCUT2D eigenvalue weighted by Crippen LogP contribution is 2.29. The maximum absolute atomic E-state index is 12.9. The van der Waals surface area contributed by atoms with E-state index >= 15 is 0 Å². The highest BCUT2D eigenvalue weighted by atomic mass is 16.3. The van der Waals surface area contributed by atoms with Gasteiger partial charge in [0.05, 0.1) is 6.54 Å². The summed E-state index contributed by atoms with van der Waals surface area (Å²) in [6.07, 6.45) is 5.57. The lowest BCUT2D eigenvalue weighted by molar-refractivity contribution is -0.131. The molecule has 1 aromatic carbocycles. The molecule has 2 unspecified atom stereocenters. The largest absolute Gasteiger partial charge is 0.379 e. The maximum Gasteiger partial charge on any atom is 0.257 e. The molecule has 1 aliphatic heterocycles. The Balaban J connectivity index is 1.91. The molecule has 1 amide bonds. The molecule has 1 heterocycles. The molecule has 6 nitrogen and oxygen atoms in total. The van der Waals surface area contributed by atoms with Crippen LogP contribution in [0.5, 0.6) is 0 Å². The van der Waals surface area contributed by atoms with Crippen molar-refractivity contribution in [1.29, 1.82) is 0 Å². The van der Waals surface area contributed by atoms with Crippen LogP contribution in [0.2, 0.25) is 0 Å². The molecule has 6 heteroatoms. The van der Waals surface area contributed by atoms with Gasteiger partial charge in [0.2, 0.25) is 0 Å². The van der Waals surface area contributed by atoms with Crippen LogP contribution in [-0.2, 0) is 17.9 Å². The minimum atomic E-state index is -0.765. The van der Waals surface area contributed by atoms with E-state index in [0.717, 1.165) is 30.4 Å². The number of guanidine groups is 1. The summed E-state index contributed by atoms with van der Waals surface area (Å²) in [7, 11) is 0. The van der Waals surface area contributed by atoms with Crippen molar-refractivity contribution in [2.75, 3.05) is 0 Å². The average Bonchev–Trinajstić information content (AvgIpc) is 2.86. The molecule has 0 saturated carbocycles. The number of unbranched alkanes of at least 4 members (excludes halogenated alkanes) is 3. The summed E-state index contributed by atoms with van der Waals surface area (Å²) in [6.45, 7) is 9.22. The SMILES string of the molecule is CCCCCCC(O)NCc1cccc(CN2C(=O)C(C)(CC(C)C)N=C2N)c1. The molecular formula is C23H38N4O2. The van der Waals surface area contributed by atoms with Crippen LogP contribution in [0.1, 0.15) is 77.3 Å². The van der Waals surface area contributed by atoms with Crippen LogP contribution in [0, 0.1) is 5.92 Å². The second kappa shape index (κ2) is 10.7. The quantitative estimate of drug-likeness (QED) is 0.368. The first-order valence-corrected chi connectivity index (χ1v) is 10.9. The van der Waals surface area contributed by atoms with Crippen LogP contribution in [0.15, 0.2) is 29.3 Å². The van der Waals surface area contributed by atoms with Gasteiger partial charge in [0, 0.05) is 6.54 Å². The molecule has 0 aliphatic carbocycles. The molecule has 0 bridgehead atoms. The van der Waals surface area contributed by atoms with E-state index in [-0.39, 0.29) is 5.91 Å². The molecule has 2 atom stereocenters. The van der Waals surface area contributed by atoms with Gasteiger partial charge in [-0.05, 0) is 43.2 Å². The minimum Gasteiger partial charge on any atom is -0.379 e. The average molecular weight is 403 g/mol. The Morgan fingerprint density at radius 3 is 2.66 bits per heavy atom. The number of aliphatic hydroxyl groups is 1. The van der Waals surface area contributed by atoms with Gasteiger partial charge >= 0.3 is 0 Å². The van der Waals surface area contributed by atoms with Gasteiger partial charge in [-0.15, -0.1) is 0 Å². The van der Waals surface area contributed by atoms with E-state index in [0.29, 0.717) is 31.4 Å². The number of aliphatic imine (C=N–C) groups is 1. The molecule has 0 saturated heterocycles. The lowest BCUT2D eigenvalue weighted by atomic mass is 9.91. The van der Waals surface area contributed by atoms with Crippen LogP contribution in [0.3, 0.4) is 0 Å². The van der Waals surface area contributed by atoms with Gasteiger partial charge in [0.1, 0.15) is 11.8 Å². The number of nitrogens with one attached hydrogen (secondary N) is 1. The Morgan fingerprint density at radius 2 is 1.97 bits per heavy atom. The first-order chi connectivity index (χ1) is 13.7. The summed E-state index contributed by atoms with van der Waals surface area (Å²) in [6, 6.07) is 8.03. The fourth-order valence-electron chi connectivity index (χ4n) is 3.96. The van der Waals surface area contributed by atoms with E-state index in [2.05, 4.69) is 37.1 Å². The number of amides is 1. The number of hydrogen-bond acceptors (Lipinski definition) is 5. The van der Waals surface area contributed by atoms with Crippen molar-refractivity contribution in [3.63, 3.8) is 0 Å². The number of carbonyl (C=O) groups excluding carboxylic acids is 1. The van der Waals surface area contributed by atoms with Crippen LogP contribution in [0.25, 0.3) is 0 Å². The molecule has 1 aliphatic rings. The van der Waals surface area contributed by atoms with Crippen molar-refractivity contribution >= 4 is 11.9 Å². The molecule has 2 rings (SSSR count). The first kappa shape index (κ1) is 23.4. The van der Waals surface area contributed by atoms with E-state index in [1.54, 1.807) is 4.90 Å². The fourth-order valence-corrected chi connectivity index (χ4v) is 3.96. The third-order valence-corrected chi connectivity index (χ3v) is 5.35. The van der Waals surface area contributed by atoms with Gasteiger partial charge < -0.3 is 10.8 Å². The molecule has 162 valence electrons. The number of aliphatic hydroxyl groups excluding tert-OH is 1. The van der Waals surface area contributed by atoms with E-state index in [9.17, 15) is 9.90 Å². The van der Waals surface area contributed by atoms with E-state index < -0.39 is 11.8 Å². The van der Waals surface area contributed by atoms with Gasteiger partial charge in [-0.2, -0.15) is 0 Å². The number of rotatable bonds is 12. The molecule has 1 aromatic rings. The fraction of sp³-hybridized carbons (Fsp3) is 0.652. The van der Waals surface area contributed by atoms with Crippen molar-refractivity contribution in [3.8, 4) is 0 Å². The number of nitrogens with zero attached hydrogens (tertiary/aromatic N) is 2. The normalized spacial score (nSPS) is 20.4. The Morgan fingerprint density at radius 1 is 1.24 bits per heavy atom. The Hall–Kier alpha value is -1.92. The standard InChI is InChI=1S/C23H38N4O2/c1-5-6-7-8-12-20(28)25-15-18-10-9-11-19(13-18)16-27-21(29)23(4,14-17(2)3)26-22(27)24/h9-11,13,17,20,25,28H,5-8,12,14-16H2,1-4H3,(H2,24,26). The van der Waals surface area contributed by atoms with Crippen molar-refractivity contribution in [2.45, 2.75) is 91.1 Å². The third kappa shape index (κ3) is 6.82. The van der Waals surface area contributed by atoms with E-state index in [4.69, 9.17) is 5.73 Å². The van der Waals surface area contributed by atoms with Gasteiger partial charge in [0.15, 0.2) is 5.96 Å². The van der Waals surface area contributed by atoms with Crippen molar-refractivity contribution in [1.82, 2.24) is 10.2 Å². The second-order valence-corrected chi connectivity index (χ2v) is 8.80. The first-order valence-electron chi connectivity index (χ1n) is 10.9. The number of nitrogens with two attached hydrogens (primary N) is 1. The lowest BCUT2D eigenvalue weighted by Crippen LogP contribution is -2.43. The van der Waals surface area contributed by atoms with Crippen molar-refractivity contribution < 1.29 is 9.90 Å². The number of carbonyl (C=O) groups is 1. The Labute approximate surface area is 175 Å². The predicted octanol–water partition coefficient (Wildman–Crippen LogP) is 3.53. The molecule has 4 N–H and O–H groups in total. The van der Waals surface area contributed by atoms with Gasteiger partial charge in [-0.25, -0.2) is 4.99 Å². The van der Waals surface area contributed by atoms with Crippen molar-refractivity contribution in [3.05, 3.63) is 35.4 Å². The van der Waals surface area contributed by atoms with Crippen LogP contribution >= 0.6 is 0 Å². The summed E-state index contributed by atoms with van der Waals surface area (Å²) in [5, 5.41) is 13.3. The van der Waals surface area contributed by atoms with E-state index in [1.165, 1.54) is 12.8 Å². The molecule has 0 aromatic heterocycles. The molecule has 29 heavy (non-hydrogen) atoms. The molecule has 0 spiro atoms. The Kier molecular flexibility index (Phi) is 8.65. The zero-order valence-electron chi connectivity index (χ0n) is 18.4. The maximum atomic E-state index is 12.9. The molecule has 0 radical (unpaired) electrons. The summed E-state index contributed by atoms with van der Waals surface area (Å²) >= 11 is 0. The monoisotopic (exact) mass is 402 g/mol. The third-order valence-electron chi connectivity index (χ3n) is 5.35. The molecular weight excluding hydrogens is 364 g/mol. The van der Waals surface area contributed by atoms with E-state index in [1.807, 2.05) is 25.1 Å². The Bertz CT molecular complexity index is 704. The smallest absolute Gasteiger partial charge is 0.257 e. The van der Waals surface area contributed by atoms with Crippen LogP contribution in [0.4, 0.5) is 0 Å². The van der Waals surface area contributed by atoms with Crippen LogP contribution in [-0.4, -0.2) is 33.6 Å². The number of benzene rings is 1. The summed E-state index contributed by atoms with van der Waals surface area (Å²) < 4.78 is 0. The number of hydrogen-bond donors (Lipinski definition) is 3.